The van der Waals surface area contributed by atoms with Crippen molar-refractivity contribution >= 4 is 13.8 Å². The number of hydrogen-bond acceptors (Lipinski definition) is 7. The SMILES string of the molecule is CCCCCCOCC(COP(=O)(OC)OCC[N+](C)(C)C)OC(=O)CCCCC. The van der Waals surface area contributed by atoms with Crippen LogP contribution in [0.2, 0.25) is 0 Å². The highest BCUT2D eigenvalue weighted by molar-refractivity contribution is 7.48. The number of rotatable bonds is 20. The Labute approximate surface area is 183 Å². The van der Waals surface area contributed by atoms with Crippen molar-refractivity contribution in [2.75, 3.05) is 61.2 Å². The monoisotopic (exact) mass is 454 g/mol. The van der Waals surface area contributed by atoms with Crippen molar-refractivity contribution in [1.29, 1.82) is 0 Å². The highest BCUT2D eigenvalue weighted by Crippen LogP contribution is 2.48. The van der Waals surface area contributed by atoms with Gasteiger partial charge in [0.25, 0.3) is 0 Å². The van der Waals surface area contributed by atoms with Crippen LogP contribution in [0.5, 0.6) is 0 Å². The van der Waals surface area contributed by atoms with E-state index in [1.807, 2.05) is 21.1 Å². The number of esters is 1. The predicted molar refractivity (Wildman–Crippen MR) is 118 cm³/mol. The van der Waals surface area contributed by atoms with Crippen LogP contribution in [0.4, 0.5) is 0 Å². The fraction of sp³-hybridized carbons (Fsp3) is 0.952. The molecule has 0 aliphatic heterocycles. The quantitative estimate of drug-likeness (QED) is 0.115. The Kier molecular flexibility index (Phi) is 16.8. The normalized spacial score (nSPS) is 15.0. The second kappa shape index (κ2) is 17.1. The molecule has 0 aliphatic carbocycles. The molecule has 0 saturated heterocycles. The number of carbonyl (C=O) groups is 1. The number of phosphoric acid groups is 1. The van der Waals surface area contributed by atoms with E-state index < -0.39 is 13.9 Å². The zero-order valence-corrected chi connectivity index (χ0v) is 20.9. The van der Waals surface area contributed by atoms with E-state index in [4.69, 9.17) is 23.0 Å². The molecule has 0 radical (unpaired) electrons. The molecule has 0 heterocycles. The summed E-state index contributed by atoms with van der Waals surface area (Å²) in [7, 11) is 3.58. The molecule has 0 saturated carbocycles. The third kappa shape index (κ3) is 17.2. The summed E-state index contributed by atoms with van der Waals surface area (Å²) in [5, 5.41) is 0. The first-order valence-corrected chi connectivity index (χ1v) is 12.6. The molecule has 0 amide bonds. The minimum atomic E-state index is -3.72. The average Bonchev–Trinajstić information content (AvgIpc) is 2.67. The Hall–Kier alpha value is -0.500. The van der Waals surface area contributed by atoms with E-state index in [9.17, 15) is 9.36 Å². The Morgan fingerprint density at radius 1 is 0.900 bits per heavy atom. The van der Waals surface area contributed by atoms with Crippen molar-refractivity contribution < 1.29 is 36.9 Å². The summed E-state index contributed by atoms with van der Waals surface area (Å²) < 4.78 is 40.3. The van der Waals surface area contributed by atoms with Crippen LogP contribution < -0.4 is 0 Å². The van der Waals surface area contributed by atoms with Gasteiger partial charge in [-0.3, -0.25) is 18.4 Å². The molecule has 30 heavy (non-hydrogen) atoms. The minimum Gasteiger partial charge on any atom is -0.457 e. The first-order valence-electron chi connectivity index (χ1n) is 11.2. The molecule has 9 heteroatoms. The van der Waals surface area contributed by atoms with Gasteiger partial charge in [-0.2, -0.15) is 0 Å². The summed E-state index contributed by atoms with van der Waals surface area (Å²) in [5.74, 6) is -0.301. The summed E-state index contributed by atoms with van der Waals surface area (Å²) in [4.78, 5) is 12.1. The van der Waals surface area contributed by atoms with Gasteiger partial charge in [-0.15, -0.1) is 0 Å². The lowest BCUT2D eigenvalue weighted by Crippen LogP contribution is -2.37. The maximum Gasteiger partial charge on any atom is 0.474 e. The lowest BCUT2D eigenvalue weighted by Gasteiger charge is -2.25. The second-order valence-corrected chi connectivity index (χ2v) is 10.3. The summed E-state index contributed by atoms with van der Waals surface area (Å²) in [6.07, 6.45) is 6.87. The van der Waals surface area contributed by atoms with Crippen molar-refractivity contribution in [3.8, 4) is 0 Å². The van der Waals surface area contributed by atoms with Crippen molar-refractivity contribution in [3.63, 3.8) is 0 Å². The van der Waals surface area contributed by atoms with E-state index in [-0.39, 0.29) is 25.8 Å². The third-order valence-corrected chi connectivity index (χ3v) is 5.79. The Morgan fingerprint density at radius 2 is 1.57 bits per heavy atom. The van der Waals surface area contributed by atoms with Crippen molar-refractivity contribution in [2.45, 2.75) is 71.3 Å². The fourth-order valence-electron chi connectivity index (χ4n) is 2.47. The minimum absolute atomic E-state index is 0.107. The number of likely N-dealkylation sites (N-methyl/N-ethyl adjacent to an activating group) is 1. The lowest BCUT2D eigenvalue weighted by atomic mass is 10.2. The van der Waals surface area contributed by atoms with Gasteiger partial charge in [0, 0.05) is 20.1 Å². The van der Waals surface area contributed by atoms with E-state index in [2.05, 4.69) is 13.8 Å². The number of nitrogens with zero attached hydrogens (tertiary/aromatic N) is 1. The number of phosphoric ester groups is 1. The highest BCUT2D eigenvalue weighted by Gasteiger charge is 2.28. The van der Waals surface area contributed by atoms with Crippen LogP contribution in [0.15, 0.2) is 0 Å². The van der Waals surface area contributed by atoms with Crippen LogP contribution in [0.25, 0.3) is 0 Å². The van der Waals surface area contributed by atoms with E-state index in [0.29, 0.717) is 24.1 Å². The molecule has 180 valence electrons. The molecule has 0 N–H and O–H groups in total. The van der Waals surface area contributed by atoms with Gasteiger partial charge in [0.05, 0.1) is 34.4 Å². The van der Waals surface area contributed by atoms with Crippen LogP contribution in [-0.4, -0.2) is 77.8 Å². The van der Waals surface area contributed by atoms with Crippen molar-refractivity contribution in [3.05, 3.63) is 0 Å². The summed E-state index contributed by atoms with van der Waals surface area (Å²) in [6, 6.07) is 0. The van der Waals surface area contributed by atoms with Gasteiger partial charge in [0.15, 0.2) is 0 Å². The van der Waals surface area contributed by atoms with Gasteiger partial charge in [0.2, 0.25) is 0 Å². The van der Waals surface area contributed by atoms with Gasteiger partial charge >= 0.3 is 13.8 Å². The molecule has 0 aromatic heterocycles. The fourth-order valence-corrected chi connectivity index (χ4v) is 3.41. The zero-order valence-electron chi connectivity index (χ0n) is 20.0. The van der Waals surface area contributed by atoms with E-state index in [1.165, 1.54) is 13.5 Å². The Bertz CT molecular complexity index is 482. The van der Waals surface area contributed by atoms with Gasteiger partial charge in [-0.1, -0.05) is 46.0 Å². The molecular formula is C21H45NO7P+. The number of carbonyl (C=O) groups excluding carboxylic acids is 1. The molecule has 2 atom stereocenters. The van der Waals surface area contributed by atoms with Crippen LogP contribution >= 0.6 is 7.82 Å². The Morgan fingerprint density at radius 3 is 2.17 bits per heavy atom. The van der Waals surface area contributed by atoms with Crippen LogP contribution in [0, 0.1) is 0 Å². The average molecular weight is 455 g/mol. The molecule has 0 rings (SSSR count). The molecule has 0 spiro atoms. The summed E-state index contributed by atoms with van der Waals surface area (Å²) >= 11 is 0. The summed E-state index contributed by atoms with van der Waals surface area (Å²) in [5.41, 5.74) is 0. The lowest BCUT2D eigenvalue weighted by molar-refractivity contribution is -0.870. The molecule has 0 aromatic rings. The van der Waals surface area contributed by atoms with E-state index in [1.54, 1.807) is 0 Å². The topological polar surface area (TPSA) is 80.3 Å². The maximum absolute atomic E-state index is 12.7. The molecule has 0 bridgehead atoms. The molecule has 0 aliphatic rings. The zero-order chi connectivity index (χ0) is 22.9. The smallest absolute Gasteiger partial charge is 0.457 e. The standard InChI is InChI=1S/C21H45NO7P/c1-7-9-11-13-16-26-18-20(29-21(23)14-12-10-8-2)19-28-30(24,25-6)27-17-15-22(3,4)5/h20H,7-19H2,1-6H3/q+1. The molecule has 0 fully saturated rings. The number of unbranched alkanes of at least 4 members (excludes halogenated alkanes) is 5. The second-order valence-electron chi connectivity index (χ2n) is 8.48. The molecule has 2 unspecified atom stereocenters. The molecule has 0 aromatic carbocycles. The first-order chi connectivity index (χ1) is 14.2. The van der Waals surface area contributed by atoms with Crippen molar-refractivity contribution in [2.24, 2.45) is 0 Å². The van der Waals surface area contributed by atoms with Crippen LogP contribution in [0.1, 0.15) is 65.2 Å². The van der Waals surface area contributed by atoms with Gasteiger partial charge in [-0.25, -0.2) is 4.57 Å². The number of hydrogen-bond donors (Lipinski definition) is 0. The van der Waals surface area contributed by atoms with Crippen LogP contribution in [0.3, 0.4) is 0 Å². The van der Waals surface area contributed by atoms with E-state index >= 15 is 0 Å². The first kappa shape index (κ1) is 29.5. The number of quaternary nitrogens is 1. The van der Waals surface area contributed by atoms with Gasteiger partial charge in [-0.05, 0) is 12.8 Å². The van der Waals surface area contributed by atoms with Gasteiger partial charge in [0.1, 0.15) is 19.3 Å². The Balaban J connectivity index is 4.61. The van der Waals surface area contributed by atoms with Crippen LogP contribution in [-0.2, 0) is 32.4 Å². The van der Waals surface area contributed by atoms with Gasteiger partial charge < -0.3 is 14.0 Å². The highest BCUT2D eigenvalue weighted by atomic mass is 31.2. The molecule has 8 nitrogen and oxygen atoms in total. The predicted octanol–water partition coefficient (Wildman–Crippen LogP) is 4.57. The summed E-state index contributed by atoms with van der Waals surface area (Å²) in [6.45, 7) is 5.78. The van der Waals surface area contributed by atoms with E-state index in [0.717, 1.165) is 38.5 Å². The third-order valence-electron chi connectivity index (χ3n) is 4.38. The number of ether oxygens (including phenoxy) is 2. The maximum atomic E-state index is 12.7. The van der Waals surface area contributed by atoms with Crippen molar-refractivity contribution in [1.82, 2.24) is 0 Å². The largest absolute Gasteiger partial charge is 0.474 e. The molecular weight excluding hydrogens is 409 g/mol.